The molecule has 156 valence electrons. The van der Waals surface area contributed by atoms with E-state index in [1.165, 1.54) is 12.1 Å². The Morgan fingerprint density at radius 2 is 1.53 bits per heavy atom. The summed E-state index contributed by atoms with van der Waals surface area (Å²) < 4.78 is 55.6. The first-order valence-electron chi connectivity index (χ1n) is 8.98. The molecule has 0 spiro atoms. The van der Waals surface area contributed by atoms with Gasteiger partial charge in [0, 0.05) is 30.6 Å². The molecule has 1 unspecified atom stereocenters. The Labute approximate surface area is 167 Å². The quantitative estimate of drug-likeness (QED) is 0.468. The van der Waals surface area contributed by atoms with Crippen molar-refractivity contribution < 1.29 is 37.1 Å². The molecule has 2 heterocycles. The van der Waals surface area contributed by atoms with Crippen molar-refractivity contribution in [1.82, 2.24) is 9.80 Å². The fourth-order valence-corrected chi connectivity index (χ4v) is 4.10. The van der Waals surface area contributed by atoms with E-state index in [-0.39, 0.29) is 30.2 Å². The predicted octanol–water partition coefficient (Wildman–Crippen LogP) is 3.38. The van der Waals surface area contributed by atoms with E-state index in [0.717, 1.165) is 9.80 Å². The van der Waals surface area contributed by atoms with Crippen LogP contribution in [0.3, 0.4) is 0 Å². The number of carbonyl (C=O) groups excluding carboxylic acids is 2. The average Bonchev–Trinajstić information content (AvgIpc) is 3.23. The molecule has 1 saturated heterocycles. The highest BCUT2D eigenvalue weighted by Crippen LogP contribution is 2.37. The van der Waals surface area contributed by atoms with Crippen LogP contribution >= 0.6 is 0 Å². The van der Waals surface area contributed by atoms with Gasteiger partial charge in [0.15, 0.2) is 23.3 Å². The minimum Gasteiger partial charge on any atom is -0.465 e. The summed E-state index contributed by atoms with van der Waals surface area (Å²) in [7, 11) is 0. The average molecular weight is 422 g/mol. The summed E-state index contributed by atoms with van der Waals surface area (Å²) >= 11 is 0. The topological polar surface area (TPSA) is 77.9 Å². The summed E-state index contributed by atoms with van der Waals surface area (Å²) in [6, 6.07) is 5.15. The number of hydrogen-bond donors (Lipinski definition) is 1. The fourth-order valence-electron chi connectivity index (χ4n) is 4.10. The minimum absolute atomic E-state index is 0.0777. The number of amides is 3. The highest BCUT2D eigenvalue weighted by Gasteiger charge is 2.44. The third-order valence-corrected chi connectivity index (χ3v) is 5.49. The van der Waals surface area contributed by atoms with E-state index >= 15 is 0 Å². The summed E-state index contributed by atoms with van der Waals surface area (Å²) in [5.74, 6) is -8.77. The van der Waals surface area contributed by atoms with Crippen LogP contribution in [-0.2, 0) is 0 Å². The second kappa shape index (κ2) is 7.12. The molecule has 3 amide bonds. The van der Waals surface area contributed by atoms with Gasteiger partial charge in [-0.05, 0) is 18.6 Å². The Morgan fingerprint density at radius 1 is 1.00 bits per heavy atom. The molecular weight excluding hydrogens is 408 g/mol. The summed E-state index contributed by atoms with van der Waals surface area (Å²) in [5.41, 5.74) is -0.546. The Balaban J connectivity index is 1.64. The lowest BCUT2D eigenvalue weighted by molar-refractivity contribution is 0.0603. The summed E-state index contributed by atoms with van der Waals surface area (Å²) in [6.07, 6.45) is -1.67. The predicted molar refractivity (Wildman–Crippen MR) is 94.0 cm³/mol. The van der Waals surface area contributed by atoms with Crippen LogP contribution in [0.15, 0.2) is 30.3 Å². The molecule has 30 heavy (non-hydrogen) atoms. The first-order valence-corrected chi connectivity index (χ1v) is 8.98. The van der Waals surface area contributed by atoms with Gasteiger partial charge in [0.1, 0.15) is 0 Å². The molecule has 6 nitrogen and oxygen atoms in total. The maximum atomic E-state index is 14.2. The van der Waals surface area contributed by atoms with Crippen molar-refractivity contribution in [3.8, 4) is 0 Å². The zero-order valence-corrected chi connectivity index (χ0v) is 15.2. The number of fused-ring (bicyclic) bond motifs is 1. The van der Waals surface area contributed by atoms with Crippen molar-refractivity contribution in [2.75, 3.05) is 13.1 Å². The molecule has 0 radical (unpaired) electrons. The van der Waals surface area contributed by atoms with E-state index in [1.807, 2.05) is 0 Å². The van der Waals surface area contributed by atoms with Crippen molar-refractivity contribution in [3.05, 3.63) is 70.3 Å². The Kier molecular flexibility index (Phi) is 4.71. The zero-order valence-electron chi connectivity index (χ0n) is 15.2. The molecule has 2 atom stereocenters. The molecule has 2 aliphatic heterocycles. The number of nitrogens with zero attached hydrogens (tertiary/aromatic N) is 2. The third-order valence-electron chi connectivity index (χ3n) is 5.49. The highest BCUT2D eigenvalue weighted by atomic mass is 19.2. The van der Waals surface area contributed by atoms with Crippen LogP contribution in [0.5, 0.6) is 0 Å². The molecule has 0 bridgehead atoms. The SMILES string of the molecule is O=C1c2ccccc2C(=O)N1CC1C[C@H](c2c(F)c(F)cc(F)c2F)CN1C(=O)O. The maximum absolute atomic E-state index is 14.2. The molecule has 0 aliphatic carbocycles. The largest absolute Gasteiger partial charge is 0.465 e. The Hall–Kier alpha value is -3.43. The zero-order chi connectivity index (χ0) is 21.7. The monoisotopic (exact) mass is 422 g/mol. The summed E-state index contributed by atoms with van der Waals surface area (Å²) in [4.78, 5) is 38.4. The maximum Gasteiger partial charge on any atom is 0.407 e. The van der Waals surface area contributed by atoms with Gasteiger partial charge in [-0.1, -0.05) is 12.1 Å². The lowest BCUT2D eigenvalue weighted by Gasteiger charge is -2.25. The molecule has 2 aromatic rings. The first kappa shape index (κ1) is 19.9. The van der Waals surface area contributed by atoms with E-state index < -0.39 is 65.2 Å². The Morgan fingerprint density at radius 3 is 2.03 bits per heavy atom. The molecule has 4 rings (SSSR count). The van der Waals surface area contributed by atoms with Crippen molar-refractivity contribution in [2.24, 2.45) is 0 Å². The molecule has 1 N–H and O–H groups in total. The van der Waals surface area contributed by atoms with Crippen LogP contribution in [0.4, 0.5) is 22.4 Å². The molecule has 1 fully saturated rings. The number of imide groups is 1. The van der Waals surface area contributed by atoms with Crippen molar-refractivity contribution in [1.29, 1.82) is 0 Å². The molecule has 2 aromatic carbocycles. The van der Waals surface area contributed by atoms with Crippen LogP contribution in [0, 0.1) is 23.3 Å². The normalized spacial score (nSPS) is 20.8. The summed E-state index contributed by atoms with van der Waals surface area (Å²) in [5, 5.41) is 9.48. The second-order valence-electron chi connectivity index (χ2n) is 7.17. The van der Waals surface area contributed by atoms with Crippen molar-refractivity contribution in [3.63, 3.8) is 0 Å². The van der Waals surface area contributed by atoms with Gasteiger partial charge < -0.3 is 10.0 Å². The van der Waals surface area contributed by atoms with Crippen LogP contribution in [0.25, 0.3) is 0 Å². The van der Waals surface area contributed by atoms with E-state index in [2.05, 4.69) is 0 Å². The van der Waals surface area contributed by atoms with Gasteiger partial charge in [0.2, 0.25) is 0 Å². The van der Waals surface area contributed by atoms with Gasteiger partial charge in [0.05, 0.1) is 17.2 Å². The smallest absolute Gasteiger partial charge is 0.407 e. The van der Waals surface area contributed by atoms with Crippen LogP contribution in [-0.4, -0.2) is 51.9 Å². The van der Waals surface area contributed by atoms with E-state index in [4.69, 9.17) is 0 Å². The number of benzene rings is 2. The van der Waals surface area contributed by atoms with Crippen molar-refractivity contribution in [2.45, 2.75) is 18.4 Å². The van der Waals surface area contributed by atoms with Crippen molar-refractivity contribution >= 4 is 17.9 Å². The number of halogens is 4. The number of hydrogen-bond acceptors (Lipinski definition) is 3. The molecule has 0 saturated carbocycles. The standard InChI is InChI=1S/C20H14F4N2O4/c21-13-6-14(22)17(24)15(16(13)23)9-5-10(25(7-9)20(29)30)8-26-18(27)11-3-1-2-4-12(11)19(26)28/h1-4,6,9-10H,5,7-8H2,(H,29,30)/t9-,10?/m0/s1. The number of carboxylic acid groups (broad SMARTS) is 1. The van der Waals surface area contributed by atoms with Gasteiger partial charge >= 0.3 is 6.09 Å². The lowest BCUT2D eigenvalue weighted by atomic mass is 9.94. The van der Waals surface area contributed by atoms with E-state index in [9.17, 15) is 37.1 Å². The molecule has 2 aliphatic rings. The number of rotatable bonds is 3. The molecule has 0 aromatic heterocycles. The van der Waals surface area contributed by atoms with Crippen LogP contribution in [0.1, 0.15) is 38.6 Å². The van der Waals surface area contributed by atoms with E-state index in [1.54, 1.807) is 12.1 Å². The fraction of sp³-hybridized carbons (Fsp3) is 0.250. The Bertz CT molecular complexity index is 1030. The second-order valence-corrected chi connectivity index (χ2v) is 7.17. The van der Waals surface area contributed by atoms with Gasteiger partial charge in [-0.25, -0.2) is 22.4 Å². The van der Waals surface area contributed by atoms with Gasteiger partial charge in [-0.3, -0.25) is 14.5 Å². The summed E-state index contributed by atoms with van der Waals surface area (Å²) in [6.45, 7) is -0.796. The number of likely N-dealkylation sites (tertiary alicyclic amines) is 1. The van der Waals surface area contributed by atoms with Gasteiger partial charge in [-0.15, -0.1) is 0 Å². The van der Waals surface area contributed by atoms with Crippen LogP contribution < -0.4 is 0 Å². The minimum atomic E-state index is -1.59. The molecule has 10 heteroatoms. The number of carbonyl (C=O) groups is 3. The lowest BCUT2D eigenvalue weighted by Crippen LogP contribution is -2.44. The third kappa shape index (κ3) is 2.99. The first-order chi connectivity index (χ1) is 14.2. The van der Waals surface area contributed by atoms with Crippen LogP contribution in [0.2, 0.25) is 0 Å². The highest BCUT2D eigenvalue weighted by molar-refractivity contribution is 6.21. The van der Waals surface area contributed by atoms with E-state index in [0.29, 0.717) is 0 Å². The molecular formula is C20H14F4N2O4. The van der Waals surface area contributed by atoms with Gasteiger partial charge in [-0.2, -0.15) is 0 Å². The van der Waals surface area contributed by atoms with Gasteiger partial charge in [0.25, 0.3) is 11.8 Å².